The molecule has 1 atom stereocenters. The third-order valence-electron chi connectivity index (χ3n) is 3.35. The van der Waals surface area contributed by atoms with E-state index in [1.807, 2.05) is 11.8 Å². The van der Waals surface area contributed by atoms with Crippen molar-refractivity contribution in [2.45, 2.75) is 31.6 Å². The summed E-state index contributed by atoms with van der Waals surface area (Å²) in [5, 5.41) is 0.658. The Morgan fingerprint density at radius 1 is 1.45 bits per heavy atom. The van der Waals surface area contributed by atoms with E-state index in [2.05, 4.69) is 22.7 Å². The molecule has 0 radical (unpaired) electrons. The second-order valence-electron chi connectivity index (χ2n) is 4.71. The van der Waals surface area contributed by atoms with Crippen LogP contribution < -0.4 is 0 Å². The molecular formula is C14H17Cl2FN2S. The quantitative estimate of drug-likeness (QED) is 0.709. The van der Waals surface area contributed by atoms with E-state index in [0.717, 1.165) is 29.8 Å². The molecule has 1 unspecified atom stereocenters. The van der Waals surface area contributed by atoms with Gasteiger partial charge < -0.3 is 4.57 Å². The zero-order valence-corrected chi connectivity index (χ0v) is 13.8. The minimum atomic E-state index is -0.407. The number of rotatable bonds is 6. The van der Waals surface area contributed by atoms with Gasteiger partial charge in [-0.1, -0.05) is 18.5 Å². The summed E-state index contributed by atoms with van der Waals surface area (Å²) in [5.74, 6) is 0.984. The fourth-order valence-electron chi connectivity index (χ4n) is 2.12. The largest absolute Gasteiger partial charge is 0.328 e. The third kappa shape index (κ3) is 3.41. The number of alkyl halides is 1. The Balaban J connectivity index is 2.42. The maximum Gasteiger partial charge on any atom is 0.144 e. The summed E-state index contributed by atoms with van der Waals surface area (Å²) < 4.78 is 15.7. The van der Waals surface area contributed by atoms with Gasteiger partial charge in [0.05, 0.1) is 16.1 Å². The van der Waals surface area contributed by atoms with E-state index in [9.17, 15) is 4.39 Å². The van der Waals surface area contributed by atoms with Gasteiger partial charge in [0.2, 0.25) is 0 Å². The number of halogens is 3. The highest BCUT2D eigenvalue weighted by atomic mass is 35.5. The van der Waals surface area contributed by atoms with Gasteiger partial charge in [-0.25, -0.2) is 9.37 Å². The number of fused-ring (bicyclic) bond motifs is 1. The number of hydrogen-bond donors (Lipinski definition) is 0. The predicted molar refractivity (Wildman–Crippen MR) is 86.7 cm³/mol. The lowest BCUT2D eigenvalue weighted by Gasteiger charge is -2.12. The molecule has 0 spiro atoms. The van der Waals surface area contributed by atoms with Crippen molar-refractivity contribution in [1.29, 1.82) is 0 Å². The van der Waals surface area contributed by atoms with Gasteiger partial charge in [0.1, 0.15) is 11.6 Å². The van der Waals surface area contributed by atoms with Crippen LogP contribution in [0.2, 0.25) is 5.02 Å². The van der Waals surface area contributed by atoms with Crippen LogP contribution >= 0.6 is 35.0 Å². The van der Waals surface area contributed by atoms with E-state index in [1.54, 1.807) is 6.07 Å². The van der Waals surface area contributed by atoms with Gasteiger partial charge in [0.15, 0.2) is 0 Å². The number of benzene rings is 1. The number of imidazole rings is 1. The minimum absolute atomic E-state index is 0.108. The van der Waals surface area contributed by atoms with E-state index in [-0.39, 0.29) is 5.02 Å². The average Bonchev–Trinajstić information content (AvgIpc) is 2.74. The first kappa shape index (κ1) is 15.9. The predicted octanol–water partition coefficient (Wildman–Crippen LogP) is 4.75. The zero-order valence-electron chi connectivity index (χ0n) is 11.5. The summed E-state index contributed by atoms with van der Waals surface area (Å²) in [5.41, 5.74) is 1.52. The van der Waals surface area contributed by atoms with Crippen molar-refractivity contribution >= 4 is 46.0 Å². The highest BCUT2D eigenvalue weighted by molar-refractivity contribution is 7.99. The zero-order chi connectivity index (χ0) is 14.7. The molecule has 0 saturated heterocycles. The molecular weight excluding hydrogens is 318 g/mol. The standard InChI is InChI=1S/C14H17Cl2FN2S/c1-9(20-2)4-6-19-13-8-11(17)10(16)7-12(13)18-14(19)3-5-15/h7-9H,3-6H2,1-2H3. The Bertz CT molecular complexity index is 600. The third-order valence-corrected chi connectivity index (χ3v) is 4.87. The Morgan fingerprint density at radius 2 is 2.20 bits per heavy atom. The van der Waals surface area contributed by atoms with Crippen molar-refractivity contribution in [1.82, 2.24) is 9.55 Å². The molecule has 0 N–H and O–H groups in total. The smallest absolute Gasteiger partial charge is 0.144 e. The van der Waals surface area contributed by atoms with Crippen LogP contribution in [-0.2, 0) is 13.0 Å². The summed E-state index contributed by atoms with van der Waals surface area (Å²) in [6.07, 6.45) is 3.77. The average molecular weight is 335 g/mol. The highest BCUT2D eigenvalue weighted by Crippen LogP contribution is 2.25. The second kappa shape index (κ2) is 7.01. The van der Waals surface area contributed by atoms with Crippen molar-refractivity contribution in [2.75, 3.05) is 12.1 Å². The van der Waals surface area contributed by atoms with Crippen molar-refractivity contribution < 1.29 is 4.39 Å². The van der Waals surface area contributed by atoms with E-state index >= 15 is 0 Å². The summed E-state index contributed by atoms with van der Waals surface area (Å²) in [4.78, 5) is 4.53. The van der Waals surface area contributed by atoms with E-state index in [4.69, 9.17) is 23.2 Å². The summed E-state index contributed by atoms with van der Waals surface area (Å²) in [6, 6.07) is 3.05. The maximum atomic E-state index is 13.7. The number of nitrogens with zero attached hydrogens (tertiary/aromatic N) is 2. The Morgan fingerprint density at radius 3 is 2.85 bits per heavy atom. The molecule has 0 aliphatic carbocycles. The second-order valence-corrected chi connectivity index (χ2v) is 6.77. The van der Waals surface area contributed by atoms with Crippen LogP contribution in [0.4, 0.5) is 4.39 Å². The van der Waals surface area contributed by atoms with Gasteiger partial charge in [-0.05, 0) is 18.7 Å². The molecule has 1 aromatic carbocycles. The SMILES string of the molecule is CSC(C)CCn1c(CCCl)nc2cc(Cl)c(F)cc21. The highest BCUT2D eigenvalue weighted by Gasteiger charge is 2.14. The van der Waals surface area contributed by atoms with Crippen LogP contribution in [0.5, 0.6) is 0 Å². The fraction of sp³-hybridized carbons (Fsp3) is 0.500. The first-order chi connectivity index (χ1) is 9.56. The molecule has 110 valence electrons. The molecule has 2 rings (SSSR count). The van der Waals surface area contributed by atoms with Crippen LogP contribution in [0.3, 0.4) is 0 Å². The van der Waals surface area contributed by atoms with Crippen molar-refractivity contribution in [3.8, 4) is 0 Å². The molecule has 20 heavy (non-hydrogen) atoms. The fourth-order valence-corrected chi connectivity index (χ4v) is 2.79. The van der Waals surface area contributed by atoms with Crippen molar-refractivity contribution in [3.63, 3.8) is 0 Å². The molecule has 1 aromatic heterocycles. The molecule has 6 heteroatoms. The summed E-state index contributed by atoms with van der Waals surface area (Å²) in [6.45, 7) is 2.99. The van der Waals surface area contributed by atoms with Crippen molar-refractivity contribution in [2.24, 2.45) is 0 Å². The Kier molecular flexibility index (Phi) is 5.58. The lowest BCUT2D eigenvalue weighted by molar-refractivity contribution is 0.617. The number of thioether (sulfide) groups is 1. The van der Waals surface area contributed by atoms with E-state index in [1.165, 1.54) is 6.07 Å². The van der Waals surface area contributed by atoms with Gasteiger partial charge in [0, 0.05) is 30.2 Å². The first-order valence-corrected chi connectivity index (χ1v) is 8.69. The Labute approximate surface area is 132 Å². The molecule has 0 amide bonds. The first-order valence-electron chi connectivity index (χ1n) is 6.49. The number of hydrogen-bond acceptors (Lipinski definition) is 2. The lowest BCUT2D eigenvalue weighted by Crippen LogP contribution is -2.09. The molecule has 0 fully saturated rings. The summed E-state index contributed by atoms with van der Waals surface area (Å²) >= 11 is 13.5. The van der Waals surface area contributed by atoms with Gasteiger partial charge >= 0.3 is 0 Å². The molecule has 0 bridgehead atoms. The number of aromatic nitrogens is 2. The topological polar surface area (TPSA) is 17.8 Å². The normalized spacial score (nSPS) is 13.1. The van der Waals surface area contributed by atoms with Gasteiger partial charge in [-0.2, -0.15) is 11.8 Å². The van der Waals surface area contributed by atoms with Gasteiger partial charge in [0.25, 0.3) is 0 Å². The molecule has 0 aliphatic rings. The van der Waals surface area contributed by atoms with Crippen LogP contribution in [-0.4, -0.2) is 26.9 Å². The molecule has 2 nitrogen and oxygen atoms in total. The number of aryl methyl sites for hydroxylation is 2. The summed E-state index contributed by atoms with van der Waals surface area (Å²) in [7, 11) is 0. The lowest BCUT2D eigenvalue weighted by atomic mass is 10.3. The van der Waals surface area contributed by atoms with Crippen LogP contribution in [0, 0.1) is 5.82 Å². The molecule has 0 aliphatic heterocycles. The molecule has 2 aromatic rings. The molecule has 1 heterocycles. The van der Waals surface area contributed by atoms with E-state index in [0.29, 0.717) is 17.6 Å². The van der Waals surface area contributed by atoms with Gasteiger partial charge in [-0.15, -0.1) is 11.6 Å². The Hall–Kier alpha value is -0.450. The van der Waals surface area contributed by atoms with Crippen LogP contribution in [0.1, 0.15) is 19.2 Å². The molecule has 0 saturated carbocycles. The van der Waals surface area contributed by atoms with Crippen LogP contribution in [0.15, 0.2) is 12.1 Å². The maximum absolute atomic E-state index is 13.7. The van der Waals surface area contributed by atoms with E-state index < -0.39 is 5.82 Å². The monoisotopic (exact) mass is 334 g/mol. The minimum Gasteiger partial charge on any atom is -0.328 e. The van der Waals surface area contributed by atoms with Gasteiger partial charge in [-0.3, -0.25) is 0 Å². The van der Waals surface area contributed by atoms with Crippen molar-refractivity contribution in [3.05, 3.63) is 28.8 Å². The van der Waals surface area contributed by atoms with Crippen LogP contribution in [0.25, 0.3) is 11.0 Å².